The monoisotopic (exact) mass is 537 g/mol. The highest BCUT2D eigenvalue weighted by Crippen LogP contribution is 2.29. The van der Waals surface area contributed by atoms with Gasteiger partial charge in [-0.15, -0.1) is 0 Å². The van der Waals surface area contributed by atoms with Gasteiger partial charge in [0, 0.05) is 43.3 Å². The molecule has 1 fully saturated rings. The van der Waals surface area contributed by atoms with Crippen LogP contribution < -0.4 is 10.2 Å². The number of hydrogen-bond acceptors (Lipinski definition) is 9. The second kappa shape index (κ2) is 12.0. The quantitative estimate of drug-likeness (QED) is 0.246. The van der Waals surface area contributed by atoms with Crippen molar-refractivity contribution in [1.82, 2.24) is 14.9 Å². The number of methoxy groups -OCH3 is 1. The Balaban J connectivity index is 1.43. The van der Waals surface area contributed by atoms with E-state index in [1.807, 2.05) is 0 Å². The average Bonchev–Trinajstić information content (AvgIpc) is 3.40. The summed E-state index contributed by atoms with van der Waals surface area (Å²) >= 11 is 1.49. The minimum absolute atomic E-state index is 0.112. The molecule has 10 heteroatoms. The maximum absolute atomic E-state index is 12.7. The number of nitrogens with one attached hydrogen (secondary N) is 1. The standard InChI is InChI=1S/C28H35N5O4S/c1-6-32-12-14-33(15-13-32)24-17-23(28(2,3)4)30-27(31-24)38-18-21-10-11-22(37-21)25(34)29-20-9-7-8-19(16-20)26(35)36-5/h7-11,16-17H,6,12-15,18H2,1-5H3,(H,29,34). The van der Waals surface area contributed by atoms with Crippen molar-refractivity contribution in [2.24, 2.45) is 0 Å². The fourth-order valence-electron chi connectivity index (χ4n) is 4.06. The number of carbonyl (C=O) groups excluding carboxylic acids is 2. The maximum Gasteiger partial charge on any atom is 0.337 e. The van der Waals surface area contributed by atoms with Gasteiger partial charge >= 0.3 is 5.97 Å². The lowest BCUT2D eigenvalue weighted by atomic mass is 9.92. The largest absolute Gasteiger partial charge is 0.465 e. The van der Waals surface area contributed by atoms with E-state index in [2.05, 4.69) is 48.9 Å². The minimum Gasteiger partial charge on any atom is -0.465 e. The van der Waals surface area contributed by atoms with Gasteiger partial charge in [-0.1, -0.05) is 45.5 Å². The Bertz CT molecular complexity index is 1280. The average molecular weight is 538 g/mol. The number of piperazine rings is 1. The molecule has 0 unspecified atom stereocenters. The lowest BCUT2D eigenvalue weighted by Gasteiger charge is -2.35. The summed E-state index contributed by atoms with van der Waals surface area (Å²) < 4.78 is 10.5. The normalized spacial score (nSPS) is 14.4. The zero-order valence-electron chi connectivity index (χ0n) is 22.6. The van der Waals surface area contributed by atoms with Crippen molar-refractivity contribution in [1.29, 1.82) is 0 Å². The van der Waals surface area contributed by atoms with Crippen molar-refractivity contribution < 1.29 is 18.7 Å². The zero-order chi connectivity index (χ0) is 27.3. The van der Waals surface area contributed by atoms with Crippen LogP contribution in [-0.4, -0.2) is 66.6 Å². The van der Waals surface area contributed by atoms with Crippen LogP contribution in [0, 0.1) is 0 Å². The highest BCUT2D eigenvalue weighted by Gasteiger charge is 2.23. The molecule has 1 aliphatic heterocycles. The highest BCUT2D eigenvalue weighted by molar-refractivity contribution is 7.98. The van der Waals surface area contributed by atoms with Crippen LogP contribution in [0.1, 0.15) is 60.1 Å². The van der Waals surface area contributed by atoms with E-state index in [0.717, 1.165) is 44.2 Å². The summed E-state index contributed by atoms with van der Waals surface area (Å²) in [6.45, 7) is 13.7. The fraction of sp³-hybridized carbons (Fsp3) is 0.429. The maximum atomic E-state index is 12.7. The second-order valence-electron chi connectivity index (χ2n) is 10.1. The molecule has 1 aromatic carbocycles. The molecule has 4 rings (SSSR count). The molecule has 38 heavy (non-hydrogen) atoms. The smallest absolute Gasteiger partial charge is 0.337 e. The number of benzene rings is 1. The number of aromatic nitrogens is 2. The van der Waals surface area contributed by atoms with Gasteiger partial charge < -0.3 is 24.3 Å². The van der Waals surface area contributed by atoms with Crippen molar-refractivity contribution in [2.75, 3.05) is 50.1 Å². The fourth-order valence-corrected chi connectivity index (χ4v) is 4.81. The molecule has 1 amide bonds. The molecule has 1 saturated heterocycles. The number of nitrogens with zero attached hydrogens (tertiary/aromatic N) is 4. The van der Waals surface area contributed by atoms with Gasteiger partial charge in [-0.3, -0.25) is 4.79 Å². The lowest BCUT2D eigenvalue weighted by Crippen LogP contribution is -2.46. The Morgan fingerprint density at radius 2 is 1.84 bits per heavy atom. The van der Waals surface area contributed by atoms with Crippen LogP contribution in [0.2, 0.25) is 0 Å². The number of carbonyl (C=O) groups is 2. The molecule has 0 aliphatic carbocycles. The van der Waals surface area contributed by atoms with Gasteiger partial charge in [0.25, 0.3) is 5.91 Å². The number of amides is 1. The third-order valence-electron chi connectivity index (χ3n) is 6.37. The molecular weight excluding hydrogens is 502 g/mol. The van der Waals surface area contributed by atoms with Crippen LogP contribution in [0.4, 0.5) is 11.5 Å². The first-order valence-electron chi connectivity index (χ1n) is 12.7. The number of thioether (sulfide) groups is 1. The molecule has 0 bridgehead atoms. The van der Waals surface area contributed by atoms with Crippen LogP contribution in [0.25, 0.3) is 0 Å². The molecule has 0 radical (unpaired) electrons. The molecule has 2 aromatic heterocycles. The number of rotatable bonds is 8. The Morgan fingerprint density at radius 1 is 1.08 bits per heavy atom. The summed E-state index contributed by atoms with van der Waals surface area (Å²) in [5, 5.41) is 3.45. The van der Waals surface area contributed by atoms with E-state index in [-0.39, 0.29) is 11.2 Å². The molecule has 0 spiro atoms. The molecular formula is C28H35N5O4S. The van der Waals surface area contributed by atoms with Gasteiger partial charge in [0.15, 0.2) is 10.9 Å². The number of ether oxygens (including phenoxy) is 1. The Hall–Kier alpha value is -3.37. The van der Waals surface area contributed by atoms with Crippen LogP contribution in [0.3, 0.4) is 0 Å². The van der Waals surface area contributed by atoms with Crippen LogP contribution in [-0.2, 0) is 15.9 Å². The van der Waals surface area contributed by atoms with Gasteiger partial charge in [0.2, 0.25) is 0 Å². The highest BCUT2D eigenvalue weighted by atomic mass is 32.2. The van der Waals surface area contributed by atoms with Gasteiger partial charge in [-0.05, 0) is 36.9 Å². The molecule has 0 atom stereocenters. The first kappa shape index (κ1) is 27.7. The van der Waals surface area contributed by atoms with E-state index in [0.29, 0.717) is 27.9 Å². The van der Waals surface area contributed by atoms with Gasteiger partial charge in [-0.25, -0.2) is 14.8 Å². The first-order valence-corrected chi connectivity index (χ1v) is 13.7. The number of anilines is 2. The third kappa shape index (κ3) is 6.93. The topological polar surface area (TPSA) is 101 Å². The molecule has 3 aromatic rings. The molecule has 3 heterocycles. The summed E-state index contributed by atoms with van der Waals surface area (Å²) in [4.78, 5) is 38.9. The van der Waals surface area contributed by atoms with Gasteiger partial charge in [0.1, 0.15) is 11.6 Å². The van der Waals surface area contributed by atoms with E-state index in [1.165, 1.54) is 18.9 Å². The van der Waals surface area contributed by atoms with Crippen molar-refractivity contribution in [3.05, 3.63) is 65.2 Å². The Kier molecular flexibility index (Phi) is 8.73. The van der Waals surface area contributed by atoms with E-state index >= 15 is 0 Å². The molecule has 1 N–H and O–H groups in total. The SMILES string of the molecule is CCN1CCN(c2cc(C(C)(C)C)nc(SCc3ccc(C(=O)Nc4cccc(C(=O)OC)c4)o3)n2)CC1. The lowest BCUT2D eigenvalue weighted by molar-refractivity contribution is 0.0600. The molecule has 9 nitrogen and oxygen atoms in total. The predicted octanol–water partition coefficient (Wildman–Crippen LogP) is 4.84. The van der Waals surface area contributed by atoms with Crippen molar-refractivity contribution in [2.45, 2.75) is 44.0 Å². The number of hydrogen-bond donors (Lipinski definition) is 1. The number of furan rings is 1. The Morgan fingerprint density at radius 3 is 2.53 bits per heavy atom. The van der Waals surface area contributed by atoms with Crippen LogP contribution in [0.15, 0.2) is 52.0 Å². The first-order chi connectivity index (χ1) is 18.2. The summed E-state index contributed by atoms with van der Waals surface area (Å²) in [6.07, 6.45) is 0. The van der Waals surface area contributed by atoms with E-state index in [1.54, 1.807) is 36.4 Å². The Labute approximate surface area is 228 Å². The van der Waals surface area contributed by atoms with Crippen molar-refractivity contribution >= 4 is 35.1 Å². The second-order valence-corrected chi connectivity index (χ2v) is 11.1. The third-order valence-corrected chi connectivity index (χ3v) is 7.24. The molecule has 1 aliphatic rings. The predicted molar refractivity (Wildman–Crippen MR) is 149 cm³/mol. The molecule has 202 valence electrons. The molecule has 0 saturated carbocycles. The van der Waals surface area contributed by atoms with Crippen molar-refractivity contribution in [3.8, 4) is 0 Å². The van der Waals surface area contributed by atoms with E-state index < -0.39 is 11.9 Å². The van der Waals surface area contributed by atoms with Gasteiger partial charge in [0.05, 0.1) is 24.1 Å². The summed E-state index contributed by atoms with van der Waals surface area (Å²) in [5.41, 5.74) is 1.71. The summed E-state index contributed by atoms with van der Waals surface area (Å²) in [6, 6.07) is 12.1. The summed E-state index contributed by atoms with van der Waals surface area (Å²) in [7, 11) is 1.31. The van der Waals surface area contributed by atoms with Crippen LogP contribution in [0.5, 0.6) is 0 Å². The van der Waals surface area contributed by atoms with Crippen LogP contribution >= 0.6 is 11.8 Å². The summed E-state index contributed by atoms with van der Waals surface area (Å²) in [5.74, 6) is 1.40. The van der Waals surface area contributed by atoms with Gasteiger partial charge in [-0.2, -0.15) is 0 Å². The van der Waals surface area contributed by atoms with Crippen molar-refractivity contribution in [3.63, 3.8) is 0 Å². The number of likely N-dealkylation sites (N-methyl/N-ethyl adjacent to an activating group) is 1. The zero-order valence-corrected chi connectivity index (χ0v) is 23.4. The van der Waals surface area contributed by atoms with E-state index in [9.17, 15) is 9.59 Å². The van der Waals surface area contributed by atoms with E-state index in [4.69, 9.17) is 19.1 Å². The number of esters is 1. The minimum atomic E-state index is -0.470.